The first-order valence-corrected chi connectivity index (χ1v) is 4.46. The standard InChI is InChI=1S/C9H18O5/c1-12-8(11)6-4-5-7(10)9(13-2)14-3/h7,9-10H,4-6H2,1-3H3. The zero-order valence-corrected chi connectivity index (χ0v) is 8.86. The van der Waals surface area contributed by atoms with Crippen molar-refractivity contribution in [2.75, 3.05) is 21.3 Å². The first kappa shape index (κ1) is 13.4. The lowest BCUT2D eigenvalue weighted by Gasteiger charge is -2.19. The highest BCUT2D eigenvalue weighted by molar-refractivity contribution is 5.68. The SMILES string of the molecule is COC(=O)CCCC(O)C(OC)OC. The molecule has 0 saturated carbocycles. The highest BCUT2D eigenvalue weighted by atomic mass is 16.7. The molecule has 5 nitrogen and oxygen atoms in total. The summed E-state index contributed by atoms with van der Waals surface area (Å²) < 4.78 is 14.2. The predicted molar refractivity (Wildman–Crippen MR) is 49.7 cm³/mol. The van der Waals surface area contributed by atoms with Gasteiger partial charge in [-0.05, 0) is 12.8 Å². The number of rotatable bonds is 7. The van der Waals surface area contributed by atoms with Gasteiger partial charge in [0.05, 0.1) is 7.11 Å². The summed E-state index contributed by atoms with van der Waals surface area (Å²) in [7, 11) is 4.25. The number of hydrogen-bond donors (Lipinski definition) is 1. The molecule has 0 fully saturated rings. The topological polar surface area (TPSA) is 65.0 Å². The van der Waals surface area contributed by atoms with Crippen LogP contribution in [0, 0.1) is 0 Å². The molecule has 1 atom stereocenters. The molecule has 0 amide bonds. The molecule has 0 heterocycles. The van der Waals surface area contributed by atoms with Crippen molar-refractivity contribution in [3.05, 3.63) is 0 Å². The monoisotopic (exact) mass is 206 g/mol. The second-order valence-electron chi connectivity index (χ2n) is 2.88. The lowest BCUT2D eigenvalue weighted by molar-refractivity contribution is -0.166. The maximum atomic E-state index is 10.7. The van der Waals surface area contributed by atoms with Gasteiger partial charge in [-0.1, -0.05) is 0 Å². The number of ether oxygens (including phenoxy) is 3. The van der Waals surface area contributed by atoms with E-state index in [-0.39, 0.29) is 5.97 Å². The van der Waals surface area contributed by atoms with Gasteiger partial charge in [-0.15, -0.1) is 0 Å². The van der Waals surface area contributed by atoms with Crippen molar-refractivity contribution in [2.45, 2.75) is 31.7 Å². The minimum atomic E-state index is -0.713. The van der Waals surface area contributed by atoms with E-state index >= 15 is 0 Å². The van der Waals surface area contributed by atoms with Crippen LogP contribution in [0.5, 0.6) is 0 Å². The quantitative estimate of drug-likeness (QED) is 0.479. The largest absolute Gasteiger partial charge is 0.469 e. The van der Waals surface area contributed by atoms with Crippen molar-refractivity contribution in [1.29, 1.82) is 0 Å². The lowest BCUT2D eigenvalue weighted by Crippen LogP contribution is -2.29. The average molecular weight is 206 g/mol. The van der Waals surface area contributed by atoms with E-state index in [2.05, 4.69) is 4.74 Å². The van der Waals surface area contributed by atoms with Gasteiger partial charge in [-0.2, -0.15) is 0 Å². The van der Waals surface area contributed by atoms with Gasteiger partial charge in [0.1, 0.15) is 6.10 Å². The zero-order chi connectivity index (χ0) is 11.0. The average Bonchev–Trinajstić information content (AvgIpc) is 2.19. The number of carbonyl (C=O) groups excluding carboxylic acids is 1. The molecule has 0 bridgehead atoms. The van der Waals surface area contributed by atoms with Crippen LogP contribution < -0.4 is 0 Å². The number of carbonyl (C=O) groups is 1. The number of methoxy groups -OCH3 is 3. The van der Waals surface area contributed by atoms with Crippen LogP contribution in [-0.2, 0) is 19.0 Å². The molecular weight excluding hydrogens is 188 g/mol. The highest BCUT2D eigenvalue weighted by Crippen LogP contribution is 2.08. The van der Waals surface area contributed by atoms with Crippen LogP contribution in [0.3, 0.4) is 0 Å². The molecule has 14 heavy (non-hydrogen) atoms. The Bertz CT molecular complexity index is 155. The molecule has 0 aliphatic heterocycles. The van der Waals surface area contributed by atoms with E-state index in [4.69, 9.17) is 9.47 Å². The maximum absolute atomic E-state index is 10.7. The Hall–Kier alpha value is -0.650. The summed E-state index contributed by atoms with van der Waals surface area (Å²) in [6, 6.07) is 0. The molecule has 0 aromatic rings. The first-order valence-electron chi connectivity index (χ1n) is 4.46. The van der Waals surface area contributed by atoms with E-state index in [1.165, 1.54) is 21.3 Å². The van der Waals surface area contributed by atoms with Crippen LogP contribution in [0.1, 0.15) is 19.3 Å². The second kappa shape index (κ2) is 7.73. The van der Waals surface area contributed by atoms with Crippen LogP contribution in [0.25, 0.3) is 0 Å². The summed E-state index contributed by atoms with van der Waals surface area (Å²) in [6.45, 7) is 0. The Kier molecular flexibility index (Phi) is 7.37. The van der Waals surface area contributed by atoms with Crippen molar-refractivity contribution < 1.29 is 24.1 Å². The third-order valence-electron chi connectivity index (χ3n) is 1.89. The van der Waals surface area contributed by atoms with E-state index in [9.17, 15) is 9.90 Å². The molecule has 1 unspecified atom stereocenters. The van der Waals surface area contributed by atoms with Crippen LogP contribution >= 0.6 is 0 Å². The fraction of sp³-hybridized carbons (Fsp3) is 0.889. The summed E-state index contributed by atoms with van der Waals surface area (Å²) in [6.07, 6.45) is -0.0473. The molecule has 0 rings (SSSR count). The Morgan fingerprint density at radius 3 is 2.29 bits per heavy atom. The van der Waals surface area contributed by atoms with Crippen molar-refractivity contribution in [3.63, 3.8) is 0 Å². The molecule has 0 aromatic carbocycles. The van der Waals surface area contributed by atoms with E-state index in [0.29, 0.717) is 19.3 Å². The Balaban J connectivity index is 3.61. The normalized spacial score (nSPS) is 12.9. The van der Waals surface area contributed by atoms with Gasteiger partial charge < -0.3 is 19.3 Å². The number of esters is 1. The minimum Gasteiger partial charge on any atom is -0.469 e. The summed E-state index contributed by atoms with van der Waals surface area (Å²) >= 11 is 0. The van der Waals surface area contributed by atoms with E-state index in [1.807, 2.05) is 0 Å². The predicted octanol–water partition coefficient (Wildman–Crippen LogP) is 0.309. The Morgan fingerprint density at radius 2 is 1.86 bits per heavy atom. The van der Waals surface area contributed by atoms with Gasteiger partial charge >= 0.3 is 5.97 Å². The molecule has 0 radical (unpaired) electrons. The Morgan fingerprint density at radius 1 is 1.29 bits per heavy atom. The van der Waals surface area contributed by atoms with Crippen molar-refractivity contribution in [3.8, 4) is 0 Å². The molecule has 84 valence electrons. The zero-order valence-electron chi connectivity index (χ0n) is 8.86. The molecule has 1 N–H and O–H groups in total. The molecule has 0 saturated heterocycles. The van der Waals surface area contributed by atoms with E-state index < -0.39 is 12.4 Å². The highest BCUT2D eigenvalue weighted by Gasteiger charge is 2.17. The maximum Gasteiger partial charge on any atom is 0.305 e. The van der Waals surface area contributed by atoms with E-state index in [0.717, 1.165) is 0 Å². The third-order valence-corrected chi connectivity index (χ3v) is 1.89. The van der Waals surface area contributed by atoms with Gasteiger partial charge in [0.15, 0.2) is 6.29 Å². The number of hydrogen-bond acceptors (Lipinski definition) is 5. The number of aliphatic hydroxyl groups is 1. The van der Waals surface area contributed by atoms with Crippen molar-refractivity contribution in [2.24, 2.45) is 0 Å². The summed E-state index contributed by atoms with van der Waals surface area (Å²) in [5, 5.41) is 9.49. The lowest BCUT2D eigenvalue weighted by atomic mass is 10.1. The fourth-order valence-corrected chi connectivity index (χ4v) is 1.10. The van der Waals surface area contributed by atoms with Crippen molar-refractivity contribution in [1.82, 2.24) is 0 Å². The molecule has 0 aliphatic carbocycles. The molecule has 0 spiro atoms. The summed E-state index contributed by atoms with van der Waals surface area (Å²) in [4.78, 5) is 10.7. The van der Waals surface area contributed by atoms with Crippen molar-refractivity contribution >= 4 is 5.97 Å². The van der Waals surface area contributed by atoms with E-state index in [1.54, 1.807) is 0 Å². The molecule has 0 aromatic heterocycles. The first-order chi connectivity index (χ1) is 6.65. The molecular formula is C9H18O5. The minimum absolute atomic E-state index is 0.274. The third kappa shape index (κ3) is 5.16. The van der Waals surface area contributed by atoms with Crippen LogP contribution in [0.15, 0.2) is 0 Å². The van der Waals surface area contributed by atoms with Crippen LogP contribution in [0.4, 0.5) is 0 Å². The second-order valence-corrected chi connectivity index (χ2v) is 2.88. The smallest absolute Gasteiger partial charge is 0.305 e. The van der Waals surface area contributed by atoms with Crippen LogP contribution in [0.2, 0.25) is 0 Å². The molecule has 0 aliphatic rings. The number of aliphatic hydroxyl groups excluding tert-OH is 1. The fourth-order valence-electron chi connectivity index (χ4n) is 1.10. The van der Waals surface area contributed by atoms with Gasteiger partial charge in [-0.25, -0.2) is 0 Å². The van der Waals surface area contributed by atoms with Gasteiger partial charge in [0.25, 0.3) is 0 Å². The van der Waals surface area contributed by atoms with Crippen LogP contribution in [-0.4, -0.2) is 44.8 Å². The Labute approximate surface area is 84.0 Å². The summed E-state index contributed by atoms with van der Waals surface area (Å²) in [5.41, 5.74) is 0. The molecule has 5 heteroatoms. The summed E-state index contributed by atoms with van der Waals surface area (Å²) in [5.74, 6) is -0.274. The van der Waals surface area contributed by atoms with Gasteiger partial charge in [-0.3, -0.25) is 4.79 Å². The van der Waals surface area contributed by atoms with Gasteiger partial charge in [0.2, 0.25) is 0 Å². The van der Waals surface area contributed by atoms with Gasteiger partial charge in [0, 0.05) is 20.6 Å².